The van der Waals surface area contributed by atoms with Gasteiger partial charge >= 0.3 is 0 Å². The number of hydrogen-bond acceptors (Lipinski definition) is 1. The van der Waals surface area contributed by atoms with Crippen molar-refractivity contribution in [1.82, 2.24) is 5.32 Å². The second kappa shape index (κ2) is 8.24. The molecule has 0 saturated carbocycles. The van der Waals surface area contributed by atoms with Gasteiger partial charge in [-0.3, -0.25) is 4.79 Å². The van der Waals surface area contributed by atoms with E-state index < -0.39 is 0 Å². The maximum atomic E-state index is 9.86. The van der Waals surface area contributed by atoms with Crippen LogP contribution in [0.25, 0.3) is 12.2 Å². The molecule has 0 aliphatic carbocycles. The van der Waals surface area contributed by atoms with Crippen LogP contribution in [-0.2, 0) is 4.79 Å². The smallest absolute Gasteiger partial charge is 0.220 e. The fraction of sp³-hybridized carbons (Fsp3) is 0.0714. The van der Waals surface area contributed by atoms with Gasteiger partial charge in [0, 0.05) is 6.92 Å². The van der Waals surface area contributed by atoms with E-state index >= 15 is 0 Å². The van der Waals surface area contributed by atoms with Crippen LogP contribution in [0, 0.1) is 0 Å². The molecule has 0 heterocycles. The fourth-order valence-electron chi connectivity index (χ4n) is 1.03. The molecule has 0 atom stereocenters. The normalized spacial score (nSPS) is 8.06. The number of hydrogen-bond donors (Lipinski definition) is 1. The molecule has 2 heteroatoms. The zero-order valence-corrected chi connectivity index (χ0v) is 9.57. The summed E-state index contributed by atoms with van der Waals surface area (Å²) in [5.74, 6) is -0.0787. The lowest BCUT2D eigenvalue weighted by Crippen LogP contribution is -2.10. The Morgan fingerprint density at radius 2 is 1.56 bits per heavy atom. The van der Waals surface area contributed by atoms with Crippen molar-refractivity contribution in [3.63, 3.8) is 0 Å². The van der Waals surface area contributed by atoms with E-state index in [9.17, 15) is 4.79 Å². The van der Waals surface area contributed by atoms with Gasteiger partial charge in [-0.1, -0.05) is 56.2 Å². The molecule has 1 amide bonds. The highest BCUT2D eigenvalue weighted by atomic mass is 16.1. The van der Waals surface area contributed by atoms with E-state index in [0.717, 1.165) is 11.1 Å². The molecule has 0 radical (unpaired) electrons. The third kappa shape index (κ3) is 5.60. The Labute approximate surface area is 97.0 Å². The van der Waals surface area contributed by atoms with Crippen molar-refractivity contribution < 1.29 is 4.79 Å². The van der Waals surface area contributed by atoms with E-state index in [-0.39, 0.29) is 5.91 Å². The lowest BCUT2D eigenvalue weighted by atomic mass is 10.1. The zero-order chi connectivity index (χ0) is 12.4. The van der Waals surface area contributed by atoms with Crippen LogP contribution in [0.2, 0.25) is 0 Å². The summed E-state index contributed by atoms with van der Waals surface area (Å²) in [5.41, 5.74) is 2.27. The highest BCUT2D eigenvalue weighted by molar-refractivity contribution is 5.73. The van der Waals surface area contributed by atoms with Gasteiger partial charge in [0.2, 0.25) is 5.91 Å². The number of carbonyl (C=O) groups is 1. The van der Waals surface area contributed by atoms with Gasteiger partial charge in [0.1, 0.15) is 0 Å². The van der Waals surface area contributed by atoms with Crippen LogP contribution < -0.4 is 5.32 Å². The number of benzene rings is 1. The SMILES string of the molecule is C=CNC(C)=O.C=Cc1ccccc1C=C. The van der Waals surface area contributed by atoms with Crippen molar-refractivity contribution in [3.05, 3.63) is 61.3 Å². The second-order valence-electron chi connectivity index (χ2n) is 2.94. The van der Waals surface area contributed by atoms with Crippen molar-refractivity contribution in [3.8, 4) is 0 Å². The van der Waals surface area contributed by atoms with Gasteiger partial charge in [0.15, 0.2) is 0 Å². The summed E-state index contributed by atoms with van der Waals surface area (Å²) < 4.78 is 0. The summed E-state index contributed by atoms with van der Waals surface area (Å²) in [6.07, 6.45) is 5.01. The van der Waals surface area contributed by atoms with Gasteiger partial charge in [-0.2, -0.15) is 0 Å². The van der Waals surface area contributed by atoms with Crippen molar-refractivity contribution in [2.24, 2.45) is 0 Å². The molecular weight excluding hydrogens is 198 g/mol. The molecule has 0 aliphatic heterocycles. The average molecular weight is 215 g/mol. The van der Waals surface area contributed by atoms with E-state index in [0.29, 0.717) is 0 Å². The summed E-state index contributed by atoms with van der Waals surface area (Å²) in [4.78, 5) is 9.86. The van der Waals surface area contributed by atoms with Gasteiger partial charge in [-0.25, -0.2) is 0 Å². The third-order valence-corrected chi connectivity index (χ3v) is 1.74. The summed E-state index contributed by atoms with van der Waals surface area (Å²) in [7, 11) is 0. The lowest BCUT2D eigenvalue weighted by molar-refractivity contribution is -0.118. The molecule has 0 spiro atoms. The number of nitrogens with one attached hydrogen (secondary N) is 1. The number of carbonyl (C=O) groups excluding carboxylic acids is 1. The van der Waals surface area contributed by atoms with Crippen LogP contribution >= 0.6 is 0 Å². The minimum absolute atomic E-state index is 0.0787. The first kappa shape index (κ1) is 13.9. The molecule has 0 aliphatic rings. The fourth-order valence-corrected chi connectivity index (χ4v) is 1.03. The number of amides is 1. The highest BCUT2D eigenvalue weighted by Crippen LogP contribution is 2.10. The molecule has 0 unspecified atom stereocenters. The molecule has 0 fully saturated rings. The van der Waals surface area contributed by atoms with Crippen LogP contribution in [0.1, 0.15) is 18.1 Å². The third-order valence-electron chi connectivity index (χ3n) is 1.74. The zero-order valence-electron chi connectivity index (χ0n) is 9.57. The van der Waals surface area contributed by atoms with Gasteiger partial charge in [0.05, 0.1) is 0 Å². The Balaban J connectivity index is 0.000000325. The lowest BCUT2D eigenvalue weighted by Gasteiger charge is -1.96. The first-order valence-corrected chi connectivity index (χ1v) is 4.87. The summed E-state index contributed by atoms with van der Waals surface area (Å²) in [6.45, 7) is 12.1. The van der Waals surface area contributed by atoms with Gasteiger partial charge < -0.3 is 5.32 Å². The summed E-state index contributed by atoms with van der Waals surface area (Å²) in [5, 5.41) is 2.33. The first-order valence-electron chi connectivity index (χ1n) is 4.87. The topological polar surface area (TPSA) is 29.1 Å². The second-order valence-corrected chi connectivity index (χ2v) is 2.94. The molecule has 1 N–H and O–H groups in total. The van der Waals surface area contributed by atoms with E-state index in [2.05, 4.69) is 25.1 Å². The Bertz CT molecular complexity index is 353. The van der Waals surface area contributed by atoms with Crippen LogP contribution in [0.5, 0.6) is 0 Å². The molecule has 0 saturated heterocycles. The largest absolute Gasteiger partial charge is 0.334 e. The minimum Gasteiger partial charge on any atom is -0.334 e. The minimum atomic E-state index is -0.0787. The standard InChI is InChI=1S/C10H10.C4H7NO/c1-3-9-7-5-6-8-10(9)4-2;1-3-5-4(2)6/h3-8H,1-2H2;3H,1H2,2H3,(H,5,6). The number of rotatable bonds is 3. The van der Waals surface area contributed by atoms with Gasteiger partial charge in [-0.15, -0.1) is 0 Å². The molecular formula is C14H17NO. The van der Waals surface area contributed by atoms with Crippen molar-refractivity contribution >= 4 is 18.1 Å². The molecule has 1 rings (SSSR count). The van der Waals surface area contributed by atoms with Crippen molar-refractivity contribution in [1.29, 1.82) is 0 Å². The van der Waals surface area contributed by atoms with Crippen molar-refractivity contribution in [2.75, 3.05) is 0 Å². The maximum Gasteiger partial charge on any atom is 0.220 e. The van der Waals surface area contributed by atoms with Crippen molar-refractivity contribution in [2.45, 2.75) is 6.92 Å². The van der Waals surface area contributed by atoms with E-state index in [1.165, 1.54) is 13.1 Å². The van der Waals surface area contributed by atoms with E-state index in [4.69, 9.17) is 0 Å². The molecule has 0 aromatic heterocycles. The Kier molecular flexibility index (Phi) is 7.16. The van der Waals surface area contributed by atoms with Gasteiger partial charge in [-0.05, 0) is 17.3 Å². The van der Waals surface area contributed by atoms with Crippen LogP contribution in [-0.4, -0.2) is 5.91 Å². The predicted molar refractivity (Wildman–Crippen MR) is 70.6 cm³/mol. The Hall–Kier alpha value is -2.09. The Morgan fingerprint density at radius 1 is 1.12 bits per heavy atom. The molecule has 0 bridgehead atoms. The summed E-state index contributed by atoms with van der Waals surface area (Å²) >= 11 is 0. The maximum absolute atomic E-state index is 9.86. The van der Waals surface area contributed by atoms with Crippen LogP contribution in [0.15, 0.2) is 50.2 Å². The average Bonchev–Trinajstić information content (AvgIpc) is 2.29. The first-order chi connectivity index (χ1) is 7.65. The molecule has 16 heavy (non-hydrogen) atoms. The van der Waals surface area contributed by atoms with E-state index in [1.54, 1.807) is 0 Å². The monoisotopic (exact) mass is 215 g/mol. The Morgan fingerprint density at radius 3 is 1.75 bits per heavy atom. The quantitative estimate of drug-likeness (QED) is 0.824. The van der Waals surface area contributed by atoms with Crippen LogP contribution in [0.4, 0.5) is 0 Å². The summed E-state index contributed by atoms with van der Waals surface area (Å²) in [6, 6.07) is 8.02. The van der Waals surface area contributed by atoms with Crippen LogP contribution in [0.3, 0.4) is 0 Å². The molecule has 2 nitrogen and oxygen atoms in total. The van der Waals surface area contributed by atoms with Gasteiger partial charge in [0.25, 0.3) is 0 Å². The molecule has 1 aromatic rings. The highest BCUT2D eigenvalue weighted by Gasteiger charge is 1.89. The molecule has 1 aromatic carbocycles. The van der Waals surface area contributed by atoms with E-state index in [1.807, 2.05) is 36.4 Å². The predicted octanol–water partition coefficient (Wildman–Crippen LogP) is 3.24. The molecule has 84 valence electrons.